The third kappa shape index (κ3) is 4.18. The number of nitrogens with one attached hydrogen (secondary N) is 1. The lowest BCUT2D eigenvalue weighted by Crippen LogP contribution is -2.31. The number of hydrogen-bond donors (Lipinski definition) is 1. The molecule has 0 radical (unpaired) electrons. The average Bonchev–Trinajstić information content (AvgIpc) is 3.53. The molecule has 8 heteroatoms. The van der Waals surface area contributed by atoms with Crippen LogP contribution >= 0.6 is 11.3 Å². The van der Waals surface area contributed by atoms with Gasteiger partial charge in [0.1, 0.15) is 6.04 Å². The van der Waals surface area contributed by atoms with Gasteiger partial charge in [0.2, 0.25) is 11.7 Å². The SMILES string of the molecule is CCc1nc(-c2cccc(-c3noc([C@H](NC(=O)c4ccco4)C(C)C)n3)c2)cs1. The summed E-state index contributed by atoms with van der Waals surface area (Å²) in [4.78, 5) is 21.6. The molecule has 0 aliphatic rings. The van der Waals surface area contributed by atoms with Crippen LogP contribution in [-0.2, 0) is 6.42 Å². The summed E-state index contributed by atoms with van der Waals surface area (Å²) in [5.74, 6) is 0.785. The molecule has 1 N–H and O–H groups in total. The zero-order valence-corrected chi connectivity index (χ0v) is 17.8. The first-order valence-electron chi connectivity index (χ1n) is 9.78. The molecule has 1 amide bonds. The highest BCUT2D eigenvalue weighted by Gasteiger charge is 2.26. The van der Waals surface area contributed by atoms with Gasteiger partial charge >= 0.3 is 0 Å². The van der Waals surface area contributed by atoms with Crippen molar-refractivity contribution in [3.05, 3.63) is 64.7 Å². The molecule has 0 saturated heterocycles. The molecule has 3 aromatic heterocycles. The van der Waals surface area contributed by atoms with E-state index in [1.807, 2.05) is 38.1 Å². The van der Waals surface area contributed by atoms with Crippen LogP contribution in [0.5, 0.6) is 0 Å². The van der Waals surface area contributed by atoms with Crippen molar-refractivity contribution in [1.82, 2.24) is 20.4 Å². The molecule has 0 aliphatic heterocycles. The van der Waals surface area contributed by atoms with Gasteiger partial charge in [-0.05, 0) is 30.5 Å². The van der Waals surface area contributed by atoms with E-state index in [9.17, 15) is 4.79 Å². The third-order valence-electron chi connectivity index (χ3n) is 4.68. The summed E-state index contributed by atoms with van der Waals surface area (Å²) in [6.07, 6.45) is 2.38. The van der Waals surface area contributed by atoms with Crippen LogP contribution in [0.2, 0.25) is 0 Å². The zero-order chi connectivity index (χ0) is 21.1. The highest BCUT2D eigenvalue weighted by molar-refractivity contribution is 7.09. The minimum atomic E-state index is -0.433. The van der Waals surface area contributed by atoms with Gasteiger partial charge in [0, 0.05) is 16.5 Å². The molecular weight excluding hydrogens is 400 g/mol. The largest absolute Gasteiger partial charge is 0.459 e. The fourth-order valence-corrected chi connectivity index (χ4v) is 3.79. The van der Waals surface area contributed by atoms with Crippen LogP contribution in [0.1, 0.15) is 48.3 Å². The zero-order valence-electron chi connectivity index (χ0n) is 17.0. The molecular formula is C22H22N4O3S. The first kappa shape index (κ1) is 20.0. The standard InChI is InChI=1S/C22H22N4O3S/c1-4-18-23-16(12-30-18)14-7-5-8-15(11-14)20-25-22(29-26-20)19(13(2)3)24-21(27)17-9-6-10-28-17/h5-13,19H,4H2,1-3H3,(H,24,27)/t19-/m1/s1. The second kappa shape index (κ2) is 8.62. The van der Waals surface area contributed by atoms with Gasteiger partial charge in [-0.1, -0.05) is 44.1 Å². The molecule has 0 bridgehead atoms. The lowest BCUT2D eigenvalue weighted by molar-refractivity contribution is 0.0885. The van der Waals surface area contributed by atoms with Gasteiger partial charge in [-0.3, -0.25) is 4.79 Å². The molecule has 0 unspecified atom stereocenters. The summed E-state index contributed by atoms with van der Waals surface area (Å²) in [5.41, 5.74) is 2.77. The normalized spacial score (nSPS) is 12.3. The fraction of sp³-hybridized carbons (Fsp3) is 0.273. The van der Waals surface area contributed by atoms with Crippen LogP contribution in [0.4, 0.5) is 0 Å². The summed E-state index contributed by atoms with van der Waals surface area (Å²) in [7, 11) is 0. The first-order chi connectivity index (χ1) is 14.5. The van der Waals surface area contributed by atoms with Crippen LogP contribution in [0, 0.1) is 5.92 Å². The van der Waals surface area contributed by atoms with Crippen molar-refractivity contribution in [3.63, 3.8) is 0 Å². The van der Waals surface area contributed by atoms with E-state index in [0.717, 1.165) is 28.2 Å². The Morgan fingerprint density at radius 1 is 1.17 bits per heavy atom. The van der Waals surface area contributed by atoms with E-state index in [0.29, 0.717) is 11.7 Å². The van der Waals surface area contributed by atoms with Crippen molar-refractivity contribution >= 4 is 17.2 Å². The van der Waals surface area contributed by atoms with E-state index in [-0.39, 0.29) is 17.6 Å². The predicted octanol–water partition coefficient (Wildman–Crippen LogP) is 5.14. The second-order valence-electron chi connectivity index (χ2n) is 7.19. The van der Waals surface area contributed by atoms with Gasteiger partial charge in [0.05, 0.1) is 17.0 Å². The smallest absolute Gasteiger partial charge is 0.287 e. The van der Waals surface area contributed by atoms with Crippen molar-refractivity contribution in [1.29, 1.82) is 0 Å². The third-order valence-corrected chi connectivity index (χ3v) is 5.67. The summed E-state index contributed by atoms with van der Waals surface area (Å²) in [5, 5.41) is 10.2. The Balaban J connectivity index is 1.58. The van der Waals surface area contributed by atoms with Crippen LogP contribution in [-0.4, -0.2) is 21.0 Å². The lowest BCUT2D eigenvalue weighted by atomic mass is 10.0. The number of benzene rings is 1. The summed E-state index contributed by atoms with van der Waals surface area (Å²) < 4.78 is 10.7. The van der Waals surface area contributed by atoms with Gasteiger partial charge in [-0.2, -0.15) is 4.98 Å². The minimum absolute atomic E-state index is 0.0472. The Hall–Kier alpha value is -3.26. The van der Waals surface area contributed by atoms with Crippen molar-refractivity contribution in [2.24, 2.45) is 5.92 Å². The van der Waals surface area contributed by atoms with Crippen LogP contribution in [0.15, 0.2) is 57.0 Å². The maximum Gasteiger partial charge on any atom is 0.287 e. The number of rotatable bonds is 7. The fourth-order valence-electron chi connectivity index (χ4n) is 3.04. The van der Waals surface area contributed by atoms with Crippen LogP contribution < -0.4 is 5.32 Å². The van der Waals surface area contributed by atoms with Crippen LogP contribution in [0.25, 0.3) is 22.6 Å². The number of carbonyl (C=O) groups is 1. The molecule has 0 saturated carbocycles. The van der Waals surface area contributed by atoms with Gasteiger partial charge < -0.3 is 14.3 Å². The molecule has 4 rings (SSSR count). The van der Waals surface area contributed by atoms with E-state index < -0.39 is 6.04 Å². The van der Waals surface area contributed by atoms with E-state index >= 15 is 0 Å². The second-order valence-corrected chi connectivity index (χ2v) is 8.13. The molecule has 0 fully saturated rings. The molecule has 7 nitrogen and oxygen atoms in total. The van der Waals surface area contributed by atoms with Crippen molar-refractivity contribution < 1.29 is 13.7 Å². The molecule has 0 spiro atoms. The molecule has 1 aromatic carbocycles. The number of nitrogens with zero attached hydrogens (tertiary/aromatic N) is 3. The summed E-state index contributed by atoms with van der Waals surface area (Å²) in [6, 6.07) is 10.7. The van der Waals surface area contributed by atoms with E-state index in [1.54, 1.807) is 23.5 Å². The van der Waals surface area contributed by atoms with Crippen molar-refractivity contribution in [2.75, 3.05) is 0 Å². The van der Waals surface area contributed by atoms with E-state index in [4.69, 9.17) is 8.94 Å². The monoisotopic (exact) mass is 422 g/mol. The van der Waals surface area contributed by atoms with Crippen molar-refractivity contribution in [2.45, 2.75) is 33.2 Å². The highest BCUT2D eigenvalue weighted by atomic mass is 32.1. The van der Waals surface area contributed by atoms with Gasteiger partial charge in [-0.25, -0.2) is 4.98 Å². The molecule has 3 heterocycles. The number of carbonyl (C=O) groups excluding carboxylic acids is 1. The number of amides is 1. The number of thiazole rings is 1. The number of furan rings is 1. The van der Waals surface area contributed by atoms with E-state index in [1.165, 1.54) is 6.26 Å². The van der Waals surface area contributed by atoms with Crippen LogP contribution in [0.3, 0.4) is 0 Å². The lowest BCUT2D eigenvalue weighted by Gasteiger charge is -2.17. The molecule has 1 atom stereocenters. The van der Waals surface area contributed by atoms with Gasteiger partial charge in [0.25, 0.3) is 5.91 Å². The Morgan fingerprint density at radius 2 is 2.00 bits per heavy atom. The van der Waals surface area contributed by atoms with Gasteiger partial charge in [0.15, 0.2) is 5.76 Å². The summed E-state index contributed by atoms with van der Waals surface area (Å²) >= 11 is 1.65. The molecule has 30 heavy (non-hydrogen) atoms. The average molecular weight is 423 g/mol. The Kier molecular flexibility index (Phi) is 5.76. The number of aromatic nitrogens is 3. The Morgan fingerprint density at radius 3 is 2.70 bits per heavy atom. The highest BCUT2D eigenvalue weighted by Crippen LogP contribution is 2.28. The minimum Gasteiger partial charge on any atom is -0.459 e. The number of aryl methyl sites for hydroxylation is 1. The quantitative estimate of drug-likeness (QED) is 0.443. The molecule has 4 aromatic rings. The molecule has 154 valence electrons. The Bertz CT molecular complexity index is 1130. The Labute approximate surface area is 178 Å². The first-order valence-corrected chi connectivity index (χ1v) is 10.7. The maximum atomic E-state index is 12.4. The maximum absolute atomic E-state index is 12.4. The van der Waals surface area contributed by atoms with Gasteiger partial charge in [-0.15, -0.1) is 11.3 Å². The molecule has 0 aliphatic carbocycles. The topological polar surface area (TPSA) is 94.1 Å². The predicted molar refractivity (Wildman–Crippen MR) is 114 cm³/mol. The number of hydrogen-bond acceptors (Lipinski definition) is 7. The summed E-state index contributed by atoms with van der Waals surface area (Å²) in [6.45, 7) is 6.05. The van der Waals surface area contributed by atoms with E-state index in [2.05, 4.69) is 32.7 Å². The van der Waals surface area contributed by atoms with Crippen molar-refractivity contribution in [3.8, 4) is 22.6 Å².